The number of nitrogens with one attached hydrogen (secondary N) is 1. The van der Waals surface area contributed by atoms with Crippen LogP contribution in [0.5, 0.6) is 0 Å². The Morgan fingerprint density at radius 2 is 2.00 bits per heavy atom. The van der Waals surface area contributed by atoms with Gasteiger partial charge in [-0.25, -0.2) is 4.68 Å². The van der Waals surface area contributed by atoms with Gasteiger partial charge in [-0.05, 0) is 37.3 Å². The Balaban J connectivity index is 2.10. The molecule has 0 spiro atoms. The van der Waals surface area contributed by atoms with Gasteiger partial charge in [-0.1, -0.05) is 0 Å². The number of aromatic nitrogens is 2. The first kappa shape index (κ1) is 12.8. The van der Waals surface area contributed by atoms with Crippen LogP contribution >= 0.6 is 0 Å². The molecule has 0 unspecified atom stereocenters. The number of nitrogens with zero attached hydrogens (tertiary/aromatic N) is 2. The molecule has 1 heterocycles. The first-order valence-corrected chi connectivity index (χ1v) is 5.71. The van der Waals surface area contributed by atoms with Crippen LogP contribution in [0.2, 0.25) is 0 Å². The van der Waals surface area contributed by atoms with E-state index in [0.717, 1.165) is 5.69 Å². The molecular weight excluding hydrogens is 246 g/mol. The molecule has 0 saturated carbocycles. The molecule has 0 aliphatic rings. The van der Waals surface area contributed by atoms with E-state index in [4.69, 9.17) is 5.11 Å². The quantitative estimate of drug-likeness (QED) is 0.860. The average molecular weight is 259 g/mol. The van der Waals surface area contributed by atoms with Crippen molar-refractivity contribution >= 4 is 11.9 Å². The van der Waals surface area contributed by atoms with Crippen molar-refractivity contribution in [1.82, 2.24) is 15.1 Å². The first-order chi connectivity index (χ1) is 9.08. The predicted molar refractivity (Wildman–Crippen MR) is 68.1 cm³/mol. The van der Waals surface area contributed by atoms with Gasteiger partial charge in [0.1, 0.15) is 6.04 Å². The molecule has 2 rings (SSSR count). The lowest BCUT2D eigenvalue weighted by atomic mass is 10.2. The van der Waals surface area contributed by atoms with Crippen LogP contribution in [-0.2, 0) is 4.79 Å². The molecule has 19 heavy (non-hydrogen) atoms. The zero-order valence-corrected chi connectivity index (χ0v) is 10.3. The molecule has 6 heteroatoms. The number of carboxylic acid groups (broad SMARTS) is 1. The molecule has 0 fully saturated rings. The van der Waals surface area contributed by atoms with Crippen LogP contribution < -0.4 is 5.32 Å². The van der Waals surface area contributed by atoms with Gasteiger partial charge in [-0.2, -0.15) is 5.10 Å². The summed E-state index contributed by atoms with van der Waals surface area (Å²) < 4.78 is 1.67. The van der Waals surface area contributed by atoms with Gasteiger partial charge in [0, 0.05) is 18.0 Å². The van der Waals surface area contributed by atoms with Crippen molar-refractivity contribution in [2.24, 2.45) is 0 Å². The summed E-state index contributed by atoms with van der Waals surface area (Å²) in [6, 6.07) is 7.62. The maximum atomic E-state index is 11.8. The third kappa shape index (κ3) is 2.98. The summed E-state index contributed by atoms with van der Waals surface area (Å²) >= 11 is 0. The van der Waals surface area contributed by atoms with E-state index in [0.29, 0.717) is 5.56 Å². The second-order valence-corrected chi connectivity index (χ2v) is 4.03. The minimum absolute atomic E-state index is 0.406. The lowest BCUT2D eigenvalue weighted by Gasteiger charge is -2.09. The molecule has 0 saturated heterocycles. The summed E-state index contributed by atoms with van der Waals surface area (Å²) in [5, 5.41) is 15.2. The normalized spacial score (nSPS) is 11.8. The molecule has 1 amide bonds. The monoisotopic (exact) mass is 259 g/mol. The van der Waals surface area contributed by atoms with Crippen LogP contribution in [0, 0.1) is 0 Å². The van der Waals surface area contributed by atoms with Gasteiger partial charge < -0.3 is 10.4 Å². The molecule has 98 valence electrons. The third-order valence-electron chi connectivity index (χ3n) is 2.62. The zero-order chi connectivity index (χ0) is 13.8. The van der Waals surface area contributed by atoms with Crippen molar-refractivity contribution in [2.75, 3.05) is 0 Å². The van der Waals surface area contributed by atoms with E-state index in [9.17, 15) is 9.59 Å². The number of carbonyl (C=O) groups is 2. The minimum atomic E-state index is -1.07. The average Bonchev–Trinajstić information content (AvgIpc) is 2.92. The van der Waals surface area contributed by atoms with Crippen LogP contribution in [0.3, 0.4) is 0 Å². The molecule has 2 N–H and O–H groups in total. The van der Waals surface area contributed by atoms with Crippen molar-refractivity contribution in [3.63, 3.8) is 0 Å². The number of rotatable bonds is 4. The van der Waals surface area contributed by atoms with Crippen molar-refractivity contribution in [1.29, 1.82) is 0 Å². The molecule has 0 radical (unpaired) electrons. The summed E-state index contributed by atoms with van der Waals surface area (Å²) in [5.41, 5.74) is 1.23. The van der Waals surface area contributed by atoms with Crippen molar-refractivity contribution in [3.05, 3.63) is 48.3 Å². The van der Waals surface area contributed by atoms with Crippen LogP contribution in [-0.4, -0.2) is 32.8 Å². The topological polar surface area (TPSA) is 84.2 Å². The fraction of sp³-hybridized carbons (Fsp3) is 0.154. The molecule has 1 atom stereocenters. The highest BCUT2D eigenvalue weighted by molar-refractivity contribution is 5.96. The standard InChI is InChI=1S/C13H13N3O3/c1-9(13(18)19)15-12(17)10-3-5-11(6-4-10)16-8-2-7-14-16/h2-9H,1H3,(H,15,17)(H,18,19)/t9-/m0/s1. The van der Waals surface area contributed by atoms with Gasteiger partial charge in [0.05, 0.1) is 5.69 Å². The number of amides is 1. The Bertz CT molecular complexity index is 576. The molecule has 0 aliphatic heterocycles. The number of hydrogen-bond acceptors (Lipinski definition) is 3. The van der Waals surface area contributed by atoms with E-state index in [1.165, 1.54) is 6.92 Å². The smallest absolute Gasteiger partial charge is 0.325 e. The summed E-state index contributed by atoms with van der Waals surface area (Å²) in [4.78, 5) is 22.4. The van der Waals surface area contributed by atoms with E-state index >= 15 is 0 Å². The van der Waals surface area contributed by atoms with Gasteiger partial charge >= 0.3 is 5.97 Å². The number of carboxylic acids is 1. The number of carbonyl (C=O) groups excluding carboxylic acids is 1. The predicted octanol–water partition coefficient (Wildman–Crippen LogP) is 1.08. The summed E-state index contributed by atoms with van der Waals surface area (Å²) in [7, 11) is 0. The van der Waals surface area contributed by atoms with E-state index in [-0.39, 0.29) is 0 Å². The van der Waals surface area contributed by atoms with Gasteiger partial charge in [0.25, 0.3) is 5.91 Å². The molecule has 1 aromatic heterocycles. The second kappa shape index (κ2) is 5.34. The minimum Gasteiger partial charge on any atom is -0.480 e. The molecule has 2 aromatic rings. The lowest BCUT2D eigenvalue weighted by Crippen LogP contribution is -2.38. The zero-order valence-electron chi connectivity index (χ0n) is 10.3. The highest BCUT2D eigenvalue weighted by atomic mass is 16.4. The fourth-order valence-electron chi connectivity index (χ4n) is 1.53. The van der Waals surface area contributed by atoms with E-state index < -0.39 is 17.9 Å². The largest absolute Gasteiger partial charge is 0.480 e. The Morgan fingerprint density at radius 1 is 1.32 bits per heavy atom. The van der Waals surface area contributed by atoms with E-state index in [1.54, 1.807) is 47.4 Å². The third-order valence-corrected chi connectivity index (χ3v) is 2.62. The highest BCUT2D eigenvalue weighted by Crippen LogP contribution is 2.08. The lowest BCUT2D eigenvalue weighted by molar-refractivity contribution is -0.138. The summed E-state index contributed by atoms with van der Waals surface area (Å²) in [6.45, 7) is 1.42. The van der Waals surface area contributed by atoms with Gasteiger partial charge in [-0.15, -0.1) is 0 Å². The van der Waals surface area contributed by atoms with Gasteiger partial charge in [-0.3, -0.25) is 9.59 Å². The SMILES string of the molecule is C[C@H](NC(=O)c1ccc(-n2cccn2)cc1)C(=O)O. The Hall–Kier alpha value is -2.63. The van der Waals surface area contributed by atoms with E-state index in [1.807, 2.05) is 0 Å². The van der Waals surface area contributed by atoms with Gasteiger partial charge in [0.2, 0.25) is 0 Å². The molecule has 6 nitrogen and oxygen atoms in total. The van der Waals surface area contributed by atoms with Crippen LogP contribution in [0.25, 0.3) is 5.69 Å². The molecular formula is C13H13N3O3. The number of aliphatic carboxylic acids is 1. The van der Waals surface area contributed by atoms with Crippen LogP contribution in [0.15, 0.2) is 42.7 Å². The first-order valence-electron chi connectivity index (χ1n) is 5.71. The van der Waals surface area contributed by atoms with E-state index in [2.05, 4.69) is 10.4 Å². The number of benzene rings is 1. The summed E-state index contributed by atoms with van der Waals surface area (Å²) in [5.74, 6) is -1.48. The Labute approximate surface area is 109 Å². The molecule has 0 bridgehead atoms. The highest BCUT2D eigenvalue weighted by Gasteiger charge is 2.15. The van der Waals surface area contributed by atoms with Crippen molar-refractivity contribution in [3.8, 4) is 5.69 Å². The van der Waals surface area contributed by atoms with Crippen molar-refractivity contribution < 1.29 is 14.7 Å². The van der Waals surface area contributed by atoms with Crippen LogP contribution in [0.1, 0.15) is 17.3 Å². The fourth-order valence-corrected chi connectivity index (χ4v) is 1.53. The van der Waals surface area contributed by atoms with Crippen molar-refractivity contribution in [2.45, 2.75) is 13.0 Å². The Kier molecular flexibility index (Phi) is 3.61. The maximum absolute atomic E-state index is 11.8. The molecule has 1 aromatic carbocycles. The maximum Gasteiger partial charge on any atom is 0.325 e. The molecule has 0 aliphatic carbocycles. The summed E-state index contributed by atoms with van der Waals surface area (Å²) in [6.07, 6.45) is 3.46. The van der Waals surface area contributed by atoms with Crippen LogP contribution in [0.4, 0.5) is 0 Å². The Morgan fingerprint density at radius 3 is 2.53 bits per heavy atom. The second-order valence-electron chi connectivity index (χ2n) is 4.03. The number of hydrogen-bond donors (Lipinski definition) is 2. The van der Waals surface area contributed by atoms with Gasteiger partial charge in [0.15, 0.2) is 0 Å².